The van der Waals surface area contributed by atoms with Crippen LogP contribution in [0.15, 0.2) is 5.11 Å². The molecule has 0 rings (SSSR count). The molecule has 168 valence electrons. The van der Waals surface area contributed by atoms with Crippen LogP contribution in [0.1, 0.15) is 20.8 Å². The van der Waals surface area contributed by atoms with Gasteiger partial charge in [-0.2, -0.15) is 0 Å². The maximum Gasteiger partial charge on any atom is 0.408 e. The minimum absolute atomic E-state index is 0.0705. The van der Waals surface area contributed by atoms with Crippen LogP contribution in [0, 0.1) is 0 Å². The first-order valence-electron chi connectivity index (χ1n) is 9.19. The molecule has 0 spiro atoms. The van der Waals surface area contributed by atoms with Crippen molar-refractivity contribution >= 4 is 12.1 Å². The number of rotatable bonds is 16. The molecule has 1 N–H and O–H groups in total. The van der Waals surface area contributed by atoms with Crippen molar-refractivity contribution in [1.82, 2.24) is 5.32 Å². The quantitative estimate of drug-likeness (QED) is 0.129. The van der Waals surface area contributed by atoms with Crippen molar-refractivity contribution in [2.24, 2.45) is 5.11 Å². The van der Waals surface area contributed by atoms with Crippen molar-refractivity contribution in [2.75, 3.05) is 66.5 Å². The molecule has 1 atom stereocenters. The molecule has 29 heavy (non-hydrogen) atoms. The van der Waals surface area contributed by atoms with E-state index in [0.717, 1.165) is 0 Å². The van der Waals surface area contributed by atoms with E-state index in [4.69, 9.17) is 29.2 Å². The number of hydrogen-bond donors (Lipinski definition) is 1. The highest BCUT2D eigenvalue weighted by atomic mass is 16.6. The molecule has 0 fully saturated rings. The minimum Gasteiger partial charge on any atom is -0.467 e. The number of nitrogens with one attached hydrogen (secondary N) is 1. The highest BCUT2D eigenvalue weighted by Gasteiger charge is 2.25. The first-order valence-corrected chi connectivity index (χ1v) is 9.19. The second kappa shape index (κ2) is 16.8. The summed E-state index contributed by atoms with van der Waals surface area (Å²) in [4.78, 5) is 26.1. The molecule has 0 aromatic heterocycles. The average molecular weight is 420 g/mol. The minimum atomic E-state index is -0.975. The summed E-state index contributed by atoms with van der Waals surface area (Å²) in [5.74, 6) is -0.633. The molecule has 0 aliphatic carbocycles. The molecule has 1 amide bonds. The Morgan fingerprint density at radius 2 is 1.48 bits per heavy atom. The van der Waals surface area contributed by atoms with E-state index in [2.05, 4.69) is 20.1 Å². The monoisotopic (exact) mass is 420 g/mol. The number of esters is 1. The summed E-state index contributed by atoms with van der Waals surface area (Å²) in [6.07, 6.45) is -0.730. The van der Waals surface area contributed by atoms with E-state index in [9.17, 15) is 9.59 Å². The summed E-state index contributed by atoms with van der Waals surface area (Å²) in [7, 11) is 1.22. The topological polar surface area (TPSA) is 150 Å². The summed E-state index contributed by atoms with van der Waals surface area (Å²) < 4.78 is 30.9. The SMILES string of the molecule is COC(=O)[C@H](COCCOCCOCCOCCN=[N+]=[N-])NC(=O)OC(C)(C)C. The lowest BCUT2D eigenvalue weighted by Gasteiger charge is -2.22. The number of nitrogens with zero attached hydrogens (tertiary/aromatic N) is 3. The van der Waals surface area contributed by atoms with Gasteiger partial charge in [0.15, 0.2) is 6.04 Å². The van der Waals surface area contributed by atoms with E-state index in [-0.39, 0.29) is 13.2 Å². The molecule has 0 unspecified atom stereocenters. The van der Waals surface area contributed by atoms with Gasteiger partial charge in [0.25, 0.3) is 0 Å². The smallest absolute Gasteiger partial charge is 0.408 e. The molecular weight excluding hydrogens is 388 g/mol. The third-order valence-corrected chi connectivity index (χ3v) is 2.98. The van der Waals surface area contributed by atoms with Gasteiger partial charge >= 0.3 is 12.1 Å². The maximum absolute atomic E-state index is 11.8. The predicted octanol–water partition coefficient (Wildman–Crippen LogP) is 1.43. The first kappa shape index (κ1) is 26.9. The summed E-state index contributed by atoms with van der Waals surface area (Å²) in [5.41, 5.74) is 7.41. The summed E-state index contributed by atoms with van der Waals surface area (Å²) in [5, 5.41) is 5.75. The summed E-state index contributed by atoms with van der Waals surface area (Å²) in [6, 6.07) is -0.975. The van der Waals surface area contributed by atoms with Crippen molar-refractivity contribution < 1.29 is 38.0 Å². The summed E-state index contributed by atoms with van der Waals surface area (Å²) >= 11 is 0. The van der Waals surface area contributed by atoms with Gasteiger partial charge in [-0.25, -0.2) is 9.59 Å². The van der Waals surface area contributed by atoms with Crippen molar-refractivity contribution in [3.05, 3.63) is 10.4 Å². The van der Waals surface area contributed by atoms with Gasteiger partial charge < -0.3 is 33.7 Å². The summed E-state index contributed by atoms with van der Waals surface area (Å²) in [6.45, 7) is 7.85. The van der Waals surface area contributed by atoms with E-state index < -0.39 is 23.7 Å². The van der Waals surface area contributed by atoms with Crippen LogP contribution in [0.25, 0.3) is 10.4 Å². The standard InChI is InChI=1S/C17H32N4O8/c1-17(2,3)29-16(23)20-14(15(22)24-4)13-28-12-11-27-10-9-26-8-7-25-6-5-19-21-18/h14H,5-13H2,1-4H3,(H,20,23)/t14-/m0/s1. The van der Waals surface area contributed by atoms with Gasteiger partial charge in [-0.15, -0.1) is 0 Å². The van der Waals surface area contributed by atoms with Crippen LogP contribution in [-0.4, -0.2) is 90.2 Å². The van der Waals surface area contributed by atoms with Crippen LogP contribution in [0.2, 0.25) is 0 Å². The van der Waals surface area contributed by atoms with Crippen molar-refractivity contribution in [3.63, 3.8) is 0 Å². The third kappa shape index (κ3) is 17.7. The number of ether oxygens (including phenoxy) is 6. The molecule has 0 heterocycles. The molecule has 0 saturated carbocycles. The molecular formula is C17H32N4O8. The lowest BCUT2D eigenvalue weighted by molar-refractivity contribution is -0.145. The Labute approximate surface area is 170 Å². The van der Waals surface area contributed by atoms with Gasteiger partial charge in [0, 0.05) is 11.5 Å². The van der Waals surface area contributed by atoms with Crippen LogP contribution in [0.4, 0.5) is 4.79 Å². The maximum atomic E-state index is 11.8. The van der Waals surface area contributed by atoms with E-state index in [1.165, 1.54) is 7.11 Å². The van der Waals surface area contributed by atoms with Crippen molar-refractivity contribution in [3.8, 4) is 0 Å². The second-order valence-electron chi connectivity index (χ2n) is 6.59. The van der Waals surface area contributed by atoms with Gasteiger partial charge in [-0.05, 0) is 26.3 Å². The van der Waals surface area contributed by atoms with Crippen LogP contribution < -0.4 is 5.32 Å². The molecule has 0 radical (unpaired) electrons. The van der Waals surface area contributed by atoms with Crippen molar-refractivity contribution in [2.45, 2.75) is 32.4 Å². The van der Waals surface area contributed by atoms with Gasteiger partial charge in [0.05, 0.1) is 60.0 Å². The highest BCUT2D eigenvalue weighted by Crippen LogP contribution is 2.07. The Hall–Kier alpha value is -2.11. The van der Waals surface area contributed by atoms with E-state index >= 15 is 0 Å². The van der Waals surface area contributed by atoms with Crippen LogP contribution in [0.5, 0.6) is 0 Å². The number of methoxy groups -OCH3 is 1. The van der Waals surface area contributed by atoms with Gasteiger partial charge in [-0.3, -0.25) is 0 Å². The average Bonchev–Trinajstić information content (AvgIpc) is 2.65. The molecule has 0 aliphatic heterocycles. The van der Waals surface area contributed by atoms with Crippen LogP contribution in [0.3, 0.4) is 0 Å². The Morgan fingerprint density at radius 3 is 1.97 bits per heavy atom. The number of amides is 1. The Bertz CT molecular complexity index is 506. The number of carbonyl (C=O) groups excluding carboxylic acids is 2. The molecule has 12 nitrogen and oxygen atoms in total. The zero-order chi connectivity index (χ0) is 22.0. The van der Waals surface area contributed by atoms with Gasteiger partial charge in [-0.1, -0.05) is 5.11 Å². The van der Waals surface area contributed by atoms with Gasteiger partial charge in [0.1, 0.15) is 5.60 Å². The predicted molar refractivity (Wildman–Crippen MR) is 102 cm³/mol. The fourth-order valence-corrected chi connectivity index (χ4v) is 1.77. The Kier molecular flexibility index (Phi) is 15.6. The molecule has 0 aliphatic rings. The second-order valence-corrected chi connectivity index (χ2v) is 6.59. The number of alkyl carbamates (subject to hydrolysis) is 1. The molecule has 12 heteroatoms. The molecule has 0 aromatic rings. The fraction of sp³-hybridized carbons (Fsp3) is 0.882. The lowest BCUT2D eigenvalue weighted by Crippen LogP contribution is -2.46. The van der Waals surface area contributed by atoms with E-state index in [0.29, 0.717) is 46.2 Å². The molecule has 0 bridgehead atoms. The number of carbonyl (C=O) groups is 2. The van der Waals surface area contributed by atoms with E-state index in [1.54, 1.807) is 20.8 Å². The number of hydrogen-bond acceptors (Lipinski definition) is 9. The number of azide groups is 1. The Balaban J connectivity index is 3.74. The van der Waals surface area contributed by atoms with Gasteiger partial charge in [0.2, 0.25) is 0 Å². The Morgan fingerprint density at radius 1 is 0.966 bits per heavy atom. The van der Waals surface area contributed by atoms with Crippen molar-refractivity contribution in [1.29, 1.82) is 0 Å². The normalized spacial score (nSPS) is 12.0. The molecule has 0 saturated heterocycles. The largest absolute Gasteiger partial charge is 0.467 e. The zero-order valence-electron chi connectivity index (χ0n) is 17.5. The van der Waals surface area contributed by atoms with Crippen LogP contribution >= 0.6 is 0 Å². The highest BCUT2D eigenvalue weighted by molar-refractivity contribution is 5.81. The zero-order valence-corrected chi connectivity index (χ0v) is 17.5. The van der Waals surface area contributed by atoms with E-state index in [1.807, 2.05) is 0 Å². The van der Waals surface area contributed by atoms with Crippen LogP contribution in [-0.2, 0) is 33.2 Å². The fourth-order valence-electron chi connectivity index (χ4n) is 1.77. The lowest BCUT2D eigenvalue weighted by atomic mass is 10.2. The molecule has 0 aromatic carbocycles. The first-order chi connectivity index (χ1) is 13.8. The third-order valence-electron chi connectivity index (χ3n) is 2.98.